The molecule has 0 spiro atoms. The van der Waals surface area contributed by atoms with Crippen LogP contribution in [0.25, 0.3) is 0 Å². The van der Waals surface area contributed by atoms with Gasteiger partial charge in [0.2, 0.25) is 5.91 Å². The Morgan fingerprint density at radius 3 is 1.96 bits per heavy atom. The van der Waals surface area contributed by atoms with Crippen molar-refractivity contribution in [2.45, 2.75) is 198 Å². The number of aryl methyl sites for hydroxylation is 1. The number of ether oxygens (including phenoxy) is 2. The number of carbonyl (C=O) groups excluding carboxylic acids is 1. The van der Waals surface area contributed by atoms with Crippen LogP contribution < -0.4 is 5.32 Å². The Morgan fingerprint density at radius 1 is 0.745 bits per heavy atom. The van der Waals surface area contributed by atoms with Crippen molar-refractivity contribution in [3.05, 3.63) is 35.9 Å². The molecule has 0 bridgehead atoms. The summed E-state index contributed by atoms with van der Waals surface area (Å²) in [6.45, 7) is 4.84. The van der Waals surface area contributed by atoms with Gasteiger partial charge in [0.05, 0.1) is 37.6 Å². The summed E-state index contributed by atoms with van der Waals surface area (Å²) in [7, 11) is 0. The number of carbonyl (C=O) groups is 1. The van der Waals surface area contributed by atoms with Crippen LogP contribution in [0.1, 0.15) is 154 Å². The van der Waals surface area contributed by atoms with E-state index in [1.807, 2.05) is 13.0 Å². The Kier molecular flexibility index (Phi) is 25.8. The minimum Gasteiger partial charge on any atom is -0.390 e. The molecule has 1 aliphatic rings. The zero-order chi connectivity index (χ0) is 37.1. The predicted molar refractivity (Wildman–Crippen MR) is 204 cm³/mol. The Morgan fingerprint density at radius 2 is 1.33 bits per heavy atom. The highest BCUT2D eigenvalue weighted by Crippen LogP contribution is 2.29. The van der Waals surface area contributed by atoms with E-state index in [-0.39, 0.29) is 25.5 Å². The quantitative estimate of drug-likeness (QED) is 0.0460. The highest BCUT2D eigenvalue weighted by atomic mass is 16.5. The van der Waals surface area contributed by atoms with Gasteiger partial charge >= 0.3 is 0 Å². The van der Waals surface area contributed by atoms with E-state index < -0.39 is 48.6 Å². The van der Waals surface area contributed by atoms with E-state index in [2.05, 4.69) is 36.5 Å². The molecular weight excluding hydrogens is 646 g/mol. The van der Waals surface area contributed by atoms with Gasteiger partial charge in [-0.05, 0) is 44.1 Å². The number of unbranched alkanes of at least 4 members (excludes halogenated alkanes) is 15. The van der Waals surface area contributed by atoms with Gasteiger partial charge in [-0.15, -0.1) is 0 Å². The van der Waals surface area contributed by atoms with Crippen LogP contribution in [0.15, 0.2) is 30.3 Å². The van der Waals surface area contributed by atoms with Crippen molar-refractivity contribution in [3.8, 4) is 0 Å². The minimum absolute atomic E-state index is 0.144. The molecule has 0 radical (unpaired) electrons. The third-order valence-electron chi connectivity index (χ3n) is 10.5. The number of rotatable bonds is 31. The average molecular weight is 722 g/mol. The van der Waals surface area contributed by atoms with Gasteiger partial charge < -0.3 is 40.3 Å². The lowest BCUT2D eigenvalue weighted by Crippen LogP contribution is -2.57. The van der Waals surface area contributed by atoms with Gasteiger partial charge in [-0.2, -0.15) is 0 Å². The van der Waals surface area contributed by atoms with Crippen molar-refractivity contribution in [2.24, 2.45) is 5.92 Å². The van der Waals surface area contributed by atoms with Gasteiger partial charge in [0, 0.05) is 18.9 Å². The third-order valence-corrected chi connectivity index (χ3v) is 10.5. The molecule has 1 aliphatic carbocycles. The van der Waals surface area contributed by atoms with Crippen LogP contribution >= 0.6 is 0 Å². The summed E-state index contributed by atoms with van der Waals surface area (Å²) in [5.74, 6) is -0.642. The molecule has 1 aromatic carbocycles. The van der Waals surface area contributed by atoms with Crippen molar-refractivity contribution in [1.82, 2.24) is 5.32 Å². The number of benzene rings is 1. The maximum Gasteiger partial charge on any atom is 0.220 e. The summed E-state index contributed by atoms with van der Waals surface area (Å²) >= 11 is 0. The molecule has 1 aromatic rings. The predicted octanol–water partition coefficient (Wildman–Crippen LogP) is 6.78. The zero-order valence-electron chi connectivity index (χ0n) is 32.1. The first-order valence-electron chi connectivity index (χ1n) is 20.7. The number of amides is 1. The molecule has 9 nitrogen and oxygen atoms in total. The molecule has 8 atom stereocenters. The summed E-state index contributed by atoms with van der Waals surface area (Å²) in [5, 5.41) is 56.9. The fourth-order valence-electron chi connectivity index (χ4n) is 7.15. The zero-order valence-corrected chi connectivity index (χ0v) is 32.1. The maximum atomic E-state index is 13.0. The minimum atomic E-state index is -1.40. The topological polar surface area (TPSA) is 149 Å². The molecule has 1 fully saturated rings. The first-order valence-corrected chi connectivity index (χ1v) is 20.7. The van der Waals surface area contributed by atoms with Gasteiger partial charge in [0.15, 0.2) is 0 Å². The van der Waals surface area contributed by atoms with Gasteiger partial charge in [-0.1, -0.05) is 140 Å². The van der Waals surface area contributed by atoms with Gasteiger partial charge in [0.25, 0.3) is 0 Å². The second-order valence-corrected chi connectivity index (χ2v) is 15.1. The molecular formula is C42H75NO8. The highest BCUT2D eigenvalue weighted by Gasteiger charge is 2.44. The fourth-order valence-corrected chi connectivity index (χ4v) is 7.15. The normalized spacial score (nSPS) is 22.5. The van der Waals surface area contributed by atoms with E-state index in [1.165, 1.54) is 63.4 Å². The molecule has 0 saturated heterocycles. The smallest absolute Gasteiger partial charge is 0.220 e. The van der Waals surface area contributed by atoms with Crippen molar-refractivity contribution in [2.75, 3.05) is 19.8 Å². The van der Waals surface area contributed by atoms with Crippen LogP contribution in [-0.4, -0.2) is 93.9 Å². The number of aliphatic hydroxyl groups is 5. The average Bonchev–Trinajstić information content (AvgIpc) is 3.13. The van der Waals surface area contributed by atoms with Crippen LogP contribution in [0.3, 0.4) is 0 Å². The molecule has 296 valence electrons. The standard InChI is InChI=1S/C42H75NO8/c1-3-5-6-7-8-9-10-11-12-13-16-22-27-36(44)40(47)35(32-51-37-30-34(31-50-29-4-2)39(46)42(49)41(37)48)43-38(45)28-23-17-14-15-19-24-33-25-20-18-21-26-33/h18,20-21,25-26,34-37,39-42,44,46-49H,3-17,19,22-24,27-32H2,1-2H3,(H,43,45)/t34-,35+,36-,37+,39+,40+,41+,42+/m1/s1. The van der Waals surface area contributed by atoms with Crippen molar-refractivity contribution in [1.29, 1.82) is 0 Å². The fraction of sp³-hybridized carbons (Fsp3) is 0.833. The summed E-state index contributed by atoms with van der Waals surface area (Å²) in [6.07, 6.45) is 15.3. The number of nitrogens with one attached hydrogen (secondary N) is 1. The lowest BCUT2D eigenvalue weighted by molar-refractivity contribution is -0.185. The SMILES string of the molecule is CCCCCCCCCCCCCC[C@@H](O)[C@@H](O)[C@H](CO[C@H]1C[C@H](COCCC)[C@H](O)[C@H](O)[C@H]1O)NC(=O)CCCCCCCc1ccccc1. The lowest BCUT2D eigenvalue weighted by atomic mass is 9.81. The first-order chi connectivity index (χ1) is 24.8. The van der Waals surface area contributed by atoms with Crippen LogP contribution in [0, 0.1) is 5.92 Å². The summed E-state index contributed by atoms with van der Waals surface area (Å²) in [6, 6.07) is 9.56. The summed E-state index contributed by atoms with van der Waals surface area (Å²) in [5.41, 5.74) is 1.34. The number of aliphatic hydroxyl groups excluding tert-OH is 5. The summed E-state index contributed by atoms with van der Waals surface area (Å²) < 4.78 is 11.7. The molecule has 2 rings (SSSR count). The van der Waals surface area contributed by atoms with Crippen LogP contribution in [0.2, 0.25) is 0 Å². The van der Waals surface area contributed by atoms with E-state index in [4.69, 9.17) is 9.47 Å². The van der Waals surface area contributed by atoms with Gasteiger partial charge in [-0.25, -0.2) is 0 Å². The Labute approximate surface area is 309 Å². The van der Waals surface area contributed by atoms with Crippen molar-refractivity contribution >= 4 is 5.91 Å². The third kappa shape index (κ3) is 19.9. The van der Waals surface area contributed by atoms with Crippen LogP contribution in [0.4, 0.5) is 0 Å². The number of hydrogen-bond donors (Lipinski definition) is 6. The lowest BCUT2D eigenvalue weighted by Gasteiger charge is -2.41. The van der Waals surface area contributed by atoms with Gasteiger partial charge in [-0.3, -0.25) is 4.79 Å². The number of hydrogen-bond acceptors (Lipinski definition) is 8. The van der Waals surface area contributed by atoms with Crippen LogP contribution in [0.5, 0.6) is 0 Å². The Hall–Kier alpha value is -1.59. The van der Waals surface area contributed by atoms with E-state index in [1.54, 1.807) is 0 Å². The van der Waals surface area contributed by atoms with E-state index in [9.17, 15) is 30.3 Å². The summed E-state index contributed by atoms with van der Waals surface area (Å²) in [4.78, 5) is 13.0. The van der Waals surface area contributed by atoms with Crippen molar-refractivity contribution < 1.29 is 39.8 Å². The molecule has 6 N–H and O–H groups in total. The maximum absolute atomic E-state index is 13.0. The largest absolute Gasteiger partial charge is 0.390 e. The second-order valence-electron chi connectivity index (χ2n) is 15.1. The first kappa shape index (κ1) is 45.6. The van der Waals surface area contributed by atoms with Gasteiger partial charge in [0.1, 0.15) is 18.3 Å². The molecule has 1 amide bonds. The molecule has 9 heteroatoms. The van der Waals surface area contributed by atoms with Crippen LogP contribution in [-0.2, 0) is 20.7 Å². The van der Waals surface area contributed by atoms with E-state index in [0.29, 0.717) is 19.4 Å². The molecule has 1 saturated carbocycles. The molecule has 0 heterocycles. The monoisotopic (exact) mass is 722 g/mol. The van der Waals surface area contributed by atoms with Crippen molar-refractivity contribution in [3.63, 3.8) is 0 Å². The van der Waals surface area contributed by atoms with E-state index >= 15 is 0 Å². The molecule has 0 aliphatic heterocycles. The Bertz CT molecular complexity index is 967. The molecule has 0 unspecified atom stereocenters. The van der Waals surface area contributed by atoms with E-state index in [0.717, 1.165) is 64.2 Å². The molecule has 51 heavy (non-hydrogen) atoms. The highest BCUT2D eigenvalue weighted by molar-refractivity contribution is 5.76. The molecule has 0 aromatic heterocycles. The Balaban J connectivity index is 1.82. The second kappa shape index (κ2) is 28.9.